The van der Waals surface area contributed by atoms with Gasteiger partial charge in [-0.15, -0.1) is 11.3 Å². The summed E-state index contributed by atoms with van der Waals surface area (Å²) in [7, 11) is 0. The summed E-state index contributed by atoms with van der Waals surface area (Å²) in [5.41, 5.74) is 8.28. The van der Waals surface area contributed by atoms with Crippen LogP contribution in [0.4, 0.5) is 0 Å². The van der Waals surface area contributed by atoms with Crippen LogP contribution in [-0.4, -0.2) is 11.4 Å². The van der Waals surface area contributed by atoms with Gasteiger partial charge in [0.25, 0.3) is 0 Å². The fraction of sp³-hybridized carbons (Fsp3) is 0.429. The second-order valence-corrected chi connectivity index (χ2v) is 5.83. The Hall–Kier alpha value is -1.10. The number of furan rings is 1. The van der Waals surface area contributed by atoms with Gasteiger partial charge in [0.05, 0.1) is 6.54 Å². The summed E-state index contributed by atoms with van der Waals surface area (Å²) in [5, 5.41) is 2.19. The zero-order valence-corrected chi connectivity index (χ0v) is 11.4. The van der Waals surface area contributed by atoms with E-state index in [-0.39, 0.29) is 0 Å². The van der Waals surface area contributed by atoms with Crippen LogP contribution in [0.15, 0.2) is 21.9 Å². The third kappa shape index (κ3) is 2.23. The fourth-order valence-corrected chi connectivity index (χ4v) is 3.42. The Morgan fingerprint density at radius 1 is 1.50 bits per heavy atom. The monoisotopic (exact) mass is 262 g/mol. The van der Waals surface area contributed by atoms with E-state index in [1.54, 1.807) is 4.88 Å². The summed E-state index contributed by atoms with van der Waals surface area (Å²) >= 11 is 1.88. The van der Waals surface area contributed by atoms with E-state index in [0.29, 0.717) is 6.54 Å². The highest BCUT2D eigenvalue weighted by atomic mass is 32.1. The minimum atomic E-state index is 0.560. The lowest BCUT2D eigenvalue weighted by atomic mass is 10.1. The van der Waals surface area contributed by atoms with Crippen LogP contribution in [0.1, 0.15) is 27.5 Å². The zero-order valence-electron chi connectivity index (χ0n) is 10.6. The summed E-state index contributed by atoms with van der Waals surface area (Å²) < 4.78 is 5.76. The number of rotatable bonds is 3. The molecule has 3 heterocycles. The maximum absolute atomic E-state index is 5.76. The number of nitrogens with zero attached hydrogens (tertiary/aromatic N) is 1. The van der Waals surface area contributed by atoms with Crippen molar-refractivity contribution in [2.24, 2.45) is 5.73 Å². The molecule has 4 heteroatoms. The standard InChI is InChI=1S/C14H18N2OS/c1-10-12(7-15)6-13(17-10)9-16-4-2-14-11(8-16)3-5-18-14/h3,5-6H,2,4,7-9,15H2,1H3. The van der Waals surface area contributed by atoms with Gasteiger partial charge in [-0.2, -0.15) is 0 Å². The van der Waals surface area contributed by atoms with E-state index in [9.17, 15) is 0 Å². The summed E-state index contributed by atoms with van der Waals surface area (Å²) in [4.78, 5) is 3.98. The summed E-state index contributed by atoms with van der Waals surface area (Å²) in [6.45, 7) is 5.58. The van der Waals surface area contributed by atoms with E-state index in [4.69, 9.17) is 10.2 Å². The van der Waals surface area contributed by atoms with Crippen molar-refractivity contribution < 1.29 is 4.42 Å². The molecule has 2 aromatic rings. The van der Waals surface area contributed by atoms with Crippen LogP contribution < -0.4 is 5.73 Å². The molecule has 1 aliphatic rings. The molecule has 3 rings (SSSR count). The third-order valence-corrected chi connectivity index (χ3v) is 4.58. The van der Waals surface area contributed by atoms with Crippen molar-refractivity contribution >= 4 is 11.3 Å². The number of nitrogens with two attached hydrogens (primary N) is 1. The second kappa shape index (κ2) is 4.88. The van der Waals surface area contributed by atoms with Crippen molar-refractivity contribution in [3.05, 3.63) is 45.0 Å². The first-order chi connectivity index (χ1) is 8.76. The topological polar surface area (TPSA) is 42.4 Å². The molecule has 2 aromatic heterocycles. The van der Waals surface area contributed by atoms with Gasteiger partial charge in [-0.25, -0.2) is 0 Å². The van der Waals surface area contributed by atoms with Gasteiger partial charge in [-0.1, -0.05) is 0 Å². The van der Waals surface area contributed by atoms with Gasteiger partial charge >= 0.3 is 0 Å². The first-order valence-electron chi connectivity index (χ1n) is 6.32. The van der Waals surface area contributed by atoms with E-state index >= 15 is 0 Å². The quantitative estimate of drug-likeness (QED) is 0.924. The van der Waals surface area contributed by atoms with Crippen LogP contribution in [0.3, 0.4) is 0 Å². The molecule has 0 aliphatic carbocycles. The van der Waals surface area contributed by atoms with Crippen molar-refractivity contribution in [1.82, 2.24) is 4.90 Å². The van der Waals surface area contributed by atoms with Gasteiger partial charge in [0.15, 0.2) is 0 Å². The van der Waals surface area contributed by atoms with Gasteiger partial charge in [0, 0.05) is 30.1 Å². The largest absolute Gasteiger partial charge is 0.465 e. The maximum Gasteiger partial charge on any atom is 0.118 e. The minimum Gasteiger partial charge on any atom is -0.465 e. The molecule has 0 spiro atoms. The predicted octanol–water partition coefficient (Wildman–Crippen LogP) is 2.67. The summed E-state index contributed by atoms with van der Waals surface area (Å²) in [6, 6.07) is 4.34. The molecule has 0 amide bonds. The van der Waals surface area contributed by atoms with Gasteiger partial charge in [-0.3, -0.25) is 4.90 Å². The summed E-state index contributed by atoms with van der Waals surface area (Å²) in [6.07, 6.45) is 1.16. The van der Waals surface area contributed by atoms with Crippen LogP contribution in [0.5, 0.6) is 0 Å². The molecule has 0 aromatic carbocycles. The normalized spacial score (nSPS) is 15.9. The van der Waals surface area contributed by atoms with E-state index in [1.165, 1.54) is 5.56 Å². The van der Waals surface area contributed by atoms with E-state index in [1.807, 2.05) is 18.3 Å². The van der Waals surface area contributed by atoms with Crippen molar-refractivity contribution in [3.63, 3.8) is 0 Å². The molecular formula is C14H18N2OS. The highest BCUT2D eigenvalue weighted by molar-refractivity contribution is 7.10. The lowest BCUT2D eigenvalue weighted by Gasteiger charge is -2.25. The zero-order chi connectivity index (χ0) is 12.5. The average Bonchev–Trinajstić information content (AvgIpc) is 2.95. The Balaban J connectivity index is 1.70. The molecule has 18 heavy (non-hydrogen) atoms. The van der Waals surface area contributed by atoms with Gasteiger partial charge in [0.2, 0.25) is 0 Å². The number of fused-ring (bicyclic) bond motifs is 1. The molecule has 0 saturated carbocycles. The van der Waals surface area contributed by atoms with Crippen molar-refractivity contribution in [2.75, 3.05) is 6.54 Å². The molecule has 0 fully saturated rings. The molecule has 96 valence electrons. The Bertz CT molecular complexity index is 544. The van der Waals surface area contributed by atoms with E-state index in [0.717, 1.165) is 43.1 Å². The lowest BCUT2D eigenvalue weighted by Crippen LogP contribution is -2.28. The Morgan fingerprint density at radius 3 is 3.17 bits per heavy atom. The molecule has 0 atom stereocenters. The van der Waals surface area contributed by atoms with Crippen molar-refractivity contribution in [2.45, 2.75) is 33.0 Å². The highest BCUT2D eigenvalue weighted by Gasteiger charge is 2.18. The second-order valence-electron chi connectivity index (χ2n) is 4.83. The maximum atomic E-state index is 5.76. The van der Waals surface area contributed by atoms with Crippen molar-refractivity contribution in [1.29, 1.82) is 0 Å². The van der Waals surface area contributed by atoms with Gasteiger partial charge in [-0.05, 0) is 36.4 Å². The number of hydrogen-bond acceptors (Lipinski definition) is 4. The minimum absolute atomic E-state index is 0.560. The molecular weight excluding hydrogens is 244 g/mol. The molecule has 0 saturated heterocycles. The van der Waals surface area contributed by atoms with Gasteiger partial charge in [0.1, 0.15) is 11.5 Å². The first kappa shape index (κ1) is 12.0. The van der Waals surface area contributed by atoms with Crippen LogP contribution in [0, 0.1) is 6.92 Å². The Labute approximate surface area is 111 Å². The fourth-order valence-electron chi connectivity index (χ4n) is 2.53. The van der Waals surface area contributed by atoms with Crippen LogP contribution in [0.2, 0.25) is 0 Å². The molecule has 1 aliphatic heterocycles. The molecule has 3 nitrogen and oxygen atoms in total. The first-order valence-corrected chi connectivity index (χ1v) is 7.20. The van der Waals surface area contributed by atoms with Gasteiger partial charge < -0.3 is 10.2 Å². The van der Waals surface area contributed by atoms with Crippen molar-refractivity contribution in [3.8, 4) is 0 Å². The van der Waals surface area contributed by atoms with Crippen LogP contribution in [-0.2, 0) is 26.1 Å². The average molecular weight is 262 g/mol. The molecule has 2 N–H and O–H groups in total. The summed E-state index contributed by atoms with van der Waals surface area (Å²) in [5.74, 6) is 1.99. The molecule has 0 radical (unpaired) electrons. The number of aryl methyl sites for hydroxylation is 1. The van der Waals surface area contributed by atoms with E-state index in [2.05, 4.69) is 22.4 Å². The Morgan fingerprint density at radius 2 is 2.39 bits per heavy atom. The van der Waals surface area contributed by atoms with E-state index < -0.39 is 0 Å². The molecule has 0 unspecified atom stereocenters. The predicted molar refractivity (Wildman–Crippen MR) is 73.5 cm³/mol. The third-order valence-electron chi connectivity index (χ3n) is 3.56. The smallest absolute Gasteiger partial charge is 0.118 e. The number of hydrogen-bond donors (Lipinski definition) is 1. The number of thiophene rings is 1. The Kier molecular flexibility index (Phi) is 3.24. The molecule has 0 bridgehead atoms. The highest BCUT2D eigenvalue weighted by Crippen LogP contribution is 2.25. The van der Waals surface area contributed by atoms with Crippen LogP contribution >= 0.6 is 11.3 Å². The lowest BCUT2D eigenvalue weighted by molar-refractivity contribution is 0.226. The SMILES string of the molecule is Cc1oc(CN2CCc3sccc3C2)cc1CN. The van der Waals surface area contributed by atoms with Crippen LogP contribution in [0.25, 0.3) is 0 Å².